The van der Waals surface area contributed by atoms with Crippen LogP contribution in [0.1, 0.15) is 0 Å². The maximum atomic E-state index is 5.61. The largest absolute Gasteiger partial charge is 0.228 e. The van der Waals surface area contributed by atoms with Gasteiger partial charge in [-0.3, -0.25) is 0 Å². The monoisotopic (exact) mass is 916 g/mol. The second-order valence-corrected chi connectivity index (χ2v) is 18.2. The van der Waals surface area contributed by atoms with E-state index < -0.39 is 0 Å². The van der Waals surface area contributed by atoms with Gasteiger partial charge < -0.3 is 0 Å². The quantitative estimate of drug-likeness (QED) is 0.129. The Kier molecular flexibility index (Phi) is 12.1. The molecule has 72 heavy (non-hydrogen) atoms. The molecular weight excluding hydrogens is 869 g/mol. The zero-order valence-electron chi connectivity index (χ0n) is 39.6. The van der Waals surface area contributed by atoms with Crippen LogP contribution in [0, 0.1) is 0 Å². The predicted molar refractivity (Wildman–Crippen MR) is 302 cm³/mol. The van der Waals surface area contributed by atoms with Crippen molar-refractivity contribution < 1.29 is 0 Å². The van der Waals surface area contributed by atoms with Crippen molar-refractivity contribution in [3.8, 4) is 123 Å². The molecule has 1 heterocycles. The molecule has 0 saturated heterocycles. The van der Waals surface area contributed by atoms with E-state index in [1.54, 1.807) is 0 Å². The zero-order valence-corrected chi connectivity index (χ0v) is 39.6. The molecule has 0 radical (unpaired) electrons. The van der Waals surface area contributed by atoms with Crippen molar-refractivity contribution in [1.29, 1.82) is 0 Å². The van der Waals surface area contributed by atoms with Crippen LogP contribution in [0.25, 0.3) is 123 Å². The van der Waals surface area contributed by atoms with Crippen LogP contribution in [0.3, 0.4) is 0 Å². The Morgan fingerprint density at radius 2 is 0.347 bits per heavy atom. The molecule has 0 aliphatic rings. The van der Waals surface area contributed by atoms with E-state index in [1.165, 1.54) is 16.7 Å². The molecule has 0 aliphatic carbocycles. The summed E-state index contributed by atoms with van der Waals surface area (Å²) in [5.41, 5.74) is 22.7. The van der Waals surface area contributed by atoms with Crippen LogP contribution >= 0.6 is 0 Å². The molecule has 12 aromatic rings. The first kappa shape index (κ1) is 43.8. The maximum Gasteiger partial charge on any atom is 0.160 e. The van der Waals surface area contributed by atoms with Crippen LogP contribution in [0.4, 0.5) is 0 Å². The van der Waals surface area contributed by atoms with Crippen molar-refractivity contribution in [1.82, 2.24) is 9.97 Å². The molecular formula is C70H48N2. The normalized spacial score (nSPS) is 11.1. The van der Waals surface area contributed by atoms with E-state index >= 15 is 0 Å². The number of benzene rings is 11. The summed E-state index contributed by atoms with van der Waals surface area (Å²) >= 11 is 0. The molecule has 0 amide bonds. The topological polar surface area (TPSA) is 25.8 Å². The molecule has 0 N–H and O–H groups in total. The van der Waals surface area contributed by atoms with Gasteiger partial charge in [-0.2, -0.15) is 0 Å². The van der Waals surface area contributed by atoms with Crippen molar-refractivity contribution in [2.45, 2.75) is 0 Å². The van der Waals surface area contributed by atoms with Crippen molar-refractivity contribution >= 4 is 0 Å². The molecule has 1 aromatic heterocycles. The van der Waals surface area contributed by atoms with Crippen LogP contribution in [0.15, 0.2) is 291 Å². The van der Waals surface area contributed by atoms with Gasteiger partial charge in [0.25, 0.3) is 0 Å². The molecule has 0 unspecified atom stereocenters. The van der Waals surface area contributed by atoms with Crippen LogP contribution in [0.5, 0.6) is 0 Å². The average molecular weight is 917 g/mol. The summed E-state index contributed by atoms with van der Waals surface area (Å²) in [5, 5.41) is 0. The first-order chi connectivity index (χ1) is 35.6. The van der Waals surface area contributed by atoms with Gasteiger partial charge >= 0.3 is 0 Å². The van der Waals surface area contributed by atoms with Gasteiger partial charge in [0, 0.05) is 16.7 Å². The first-order valence-corrected chi connectivity index (χ1v) is 24.5. The highest BCUT2D eigenvalue weighted by Gasteiger charge is 2.18. The lowest BCUT2D eigenvalue weighted by molar-refractivity contribution is 1.18. The lowest BCUT2D eigenvalue weighted by atomic mass is 9.92. The van der Waals surface area contributed by atoms with E-state index in [0.717, 1.165) is 100 Å². The Labute approximate surface area is 421 Å². The van der Waals surface area contributed by atoms with Crippen molar-refractivity contribution in [2.24, 2.45) is 0 Å². The van der Waals surface area contributed by atoms with Gasteiger partial charge in [-0.25, -0.2) is 9.97 Å². The van der Waals surface area contributed by atoms with Gasteiger partial charge in [-0.1, -0.05) is 224 Å². The lowest BCUT2D eigenvalue weighted by Crippen LogP contribution is -1.98. The summed E-state index contributed by atoms with van der Waals surface area (Å²) in [5.74, 6) is 0.642. The Hall–Kier alpha value is -9.50. The Bertz CT molecular complexity index is 3540. The van der Waals surface area contributed by atoms with Gasteiger partial charge in [0.2, 0.25) is 0 Å². The van der Waals surface area contributed by atoms with E-state index in [1.807, 2.05) is 0 Å². The smallest absolute Gasteiger partial charge is 0.160 e. The van der Waals surface area contributed by atoms with E-state index in [9.17, 15) is 0 Å². The lowest BCUT2D eigenvalue weighted by Gasteiger charge is -2.16. The maximum absolute atomic E-state index is 5.61. The molecule has 2 heteroatoms. The highest BCUT2D eigenvalue weighted by atomic mass is 14.9. The minimum Gasteiger partial charge on any atom is -0.228 e. The van der Waals surface area contributed by atoms with Crippen molar-refractivity contribution in [2.75, 3.05) is 0 Å². The predicted octanol–water partition coefficient (Wildman–Crippen LogP) is 18.8. The van der Waals surface area contributed by atoms with Gasteiger partial charge in [-0.05, 0) is 156 Å². The third-order valence-electron chi connectivity index (χ3n) is 13.4. The molecule has 338 valence electrons. The fourth-order valence-corrected chi connectivity index (χ4v) is 9.70. The van der Waals surface area contributed by atoms with Gasteiger partial charge in [-0.15, -0.1) is 0 Å². The van der Waals surface area contributed by atoms with E-state index in [2.05, 4.69) is 291 Å². The van der Waals surface area contributed by atoms with E-state index in [-0.39, 0.29) is 0 Å². The number of hydrogen-bond acceptors (Lipinski definition) is 2. The molecule has 0 atom stereocenters. The highest BCUT2D eigenvalue weighted by molar-refractivity contribution is 5.87. The fourth-order valence-electron chi connectivity index (χ4n) is 9.70. The molecule has 0 bridgehead atoms. The van der Waals surface area contributed by atoms with Gasteiger partial charge in [0.1, 0.15) is 0 Å². The Balaban J connectivity index is 1.10. The van der Waals surface area contributed by atoms with Crippen LogP contribution in [0.2, 0.25) is 0 Å². The van der Waals surface area contributed by atoms with Crippen LogP contribution in [-0.2, 0) is 0 Å². The van der Waals surface area contributed by atoms with Crippen LogP contribution in [-0.4, -0.2) is 9.97 Å². The second-order valence-electron chi connectivity index (χ2n) is 18.2. The summed E-state index contributed by atoms with van der Waals surface area (Å²) in [4.78, 5) is 11.2. The molecule has 0 fully saturated rings. The SMILES string of the molecule is c1ccc(-c2ccc(-c3cc(-c4cccc(-c5ccccc5)c4)cc(-c4nc(-c5cc(-c6ccccc6)cc(-c6ccccc6)c5)cc(-c5cc(-c6ccccc6)cc(-c6ccccc6)c5)n4)c3)cc2)cc1. The third kappa shape index (κ3) is 9.46. The third-order valence-corrected chi connectivity index (χ3v) is 13.4. The average Bonchev–Trinajstić information content (AvgIpc) is 3.48. The standard InChI is InChI=1S/C70H48N2/c1-7-20-49(21-8-1)55-34-36-56(37-35-55)63-41-64(58-33-19-32-57(38-58)50-22-9-2-10-23-50)47-67(46-63)70-71-68(65-42-59(51-24-11-3-12-25-51)39-60(43-65)52-26-13-4-14-27-52)48-69(72-70)66-44-61(53-28-15-5-16-29-53)40-62(45-66)54-30-17-6-18-31-54/h1-48H. The number of aromatic nitrogens is 2. The Morgan fingerprint density at radius 3 is 0.694 bits per heavy atom. The fraction of sp³-hybridized carbons (Fsp3) is 0. The summed E-state index contributed by atoms with van der Waals surface area (Å²) in [6, 6.07) is 104. The highest BCUT2D eigenvalue weighted by Crippen LogP contribution is 2.40. The van der Waals surface area contributed by atoms with Crippen molar-refractivity contribution in [3.63, 3.8) is 0 Å². The van der Waals surface area contributed by atoms with E-state index in [4.69, 9.17) is 9.97 Å². The van der Waals surface area contributed by atoms with Gasteiger partial charge in [0.15, 0.2) is 5.82 Å². The summed E-state index contributed by atoms with van der Waals surface area (Å²) < 4.78 is 0. The minimum absolute atomic E-state index is 0.642. The van der Waals surface area contributed by atoms with Crippen LogP contribution < -0.4 is 0 Å². The first-order valence-electron chi connectivity index (χ1n) is 24.5. The molecule has 0 saturated carbocycles. The molecule has 2 nitrogen and oxygen atoms in total. The van der Waals surface area contributed by atoms with E-state index in [0.29, 0.717) is 5.82 Å². The number of rotatable bonds is 11. The summed E-state index contributed by atoms with van der Waals surface area (Å²) in [6.45, 7) is 0. The zero-order chi connectivity index (χ0) is 48.1. The molecule has 0 spiro atoms. The molecule has 0 aliphatic heterocycles. The number of nitrogens with zero attached hydrogens (tertiary/aromatic N) is 2. The van der Waals surface area contributed by atoms with Gasteiger partial charge in [0.05, 0.1) is 11.4 Å². The molecule has 12 rings (SSSR count). The van der Waals surface area contributed by atoms with Crippen molar-refractivity contribution in [3.05, 3.63) is 291 Å². The second kappa shape index (κ2) is 19.8. The molecule has 11 aromatic carbocycles. The summed E-state index contributed by atoms with van der Waals surface area (Å²) in [6.07, 6.45) is 0. The Morgan fingerprint density at radius 1 is 0.139 bits per heavy atom. The number of hydrogen-bond donors (Lipinski definition) is 0. The minimum atomic E-state index is 0.642. The summed E-state index contributed by atoms with van der Waals surface area (Å²) in [7, 11) is 0.